The number of hydrogen-bond donors (Lipinski definition) is 10. The van der Waals surface area contributed by atoms with Gasteiger partial charge in [-0.25, -0.2) is 0 Å². The van der Waals surface area contributed by atoms with Gasteiger partial charge in [-0.2, -0.15) is 8.42 Å². The number of rotatable bonds is 7. The average molecular weight is 407 g/mol. The molecule has 12 nitrogen and oxygen atoms in total. The van der Waals surface area contributed by atoms with Crippen molar-refractivity contribution in [2.24, 2.45) is 5.73 Å². The molecule has 146 valence electrons. The van der Waals surface area contributed by atoms with Gasteiger partial charge in [0.05, 0.1) is 44.7 Å². The number of nitrogens with two attached hydrogens (primary N) is 1. The number of hydrogen-bond acceptors (Lipinski definition) is 10. The van der Waals surface area contributed by atoms with E-state index in [0.717, 1.165) is 0 Å². The Labute approximate surface area is 137 Å². The zero-order valence-electron chi connectivity index (χ0n) is 12.4. The van der Waals surface area contributed by atoms with Gasteiger partial charge in [-0.1, -0.05) is 0 Å². The molecule has 0 unspecified atom stereocenters. The number of aliphatic hydroxyl groups excluding tert-OH is 7. The van der Waals surface area contributed by atoms with Gasteiger partial charge in [0.1, 0.15) is 0 Å². The van der Waals surface area contributed by atoms with Crippen LogP contribution in [0.15, 0.2) is 0 Å². The van der Waals surface area contributed by atoms with Crippen molar-refractivity contribution in [2.75, 3.05) is 51.2 Å². The molecule has 0 aromatic heterocycles. The molecule has 0 spiro atoms. The highest BCUT2D eigenvalue weighted by molar-refractivity contribution is 7.79. The SMILES string of the molecule is NCCO.O=S(=O)(O)O.OCP(CO)CO.OCP(CO)CO. The molecule has 0 radical (unpaired) electrons. The average Bonchev–Trinajstić information content (AvgIpc) is 2.50. The minimum Gasteiger partial charge on any atom is -0.395 e. The van der Waals surface area contributed by atoms with Gasteiger partial charge in [0.25, 0.3) is 0 Å². The highest BCUT2D eigenvalue weighted by atomic mass is 32.3. The second-order valence-electron chi connectivity index (χ2n) is 3.15. The summed E-state index contributed by atoms with van der Waals surface area (Å²) in [5.41, 5.74) is 4.78. The van der Waals surface area contributed by atoms with Gasteiger partial charge in [0, 0.05) is 6.54 Å². The Morgan fingerprint density at radius 2 is 0.783 bits per heavy atom. The summed E-state index contributed by atoms with van der Waals surface area (Å²) in [6.45, 7) is 0.472. The van der Waals surface area contributed by atoms with Crippen molar-refractivity contribution in [1.82, 2.24) is 0 Å². The smallest absolute Gasteiger partial charge is 0.394 e. The summed E-state index contributed by atoms with van der Waals surface area (Å²) in [5, 5.41) is 57.2. The second kappa shape index (κ2) is 24.7. The lowest BCUT2D eigenvalue weighted by Gasteiger charge is -2.03. The highest BCUT2D eigenvalue weighted by Gasteiger charge is 1.99. The summed E-state index contributed by atoms with van der Waals surface area (Å²) in [6, 6.07) is 0. The van der Waals surface area contributed by atoms with Crippen molar-refractivity contribution < 1.29 is 53.3 Å². The summed E-state index contributed by atoms with van der Waals surface area (Å²) in [4.78, 5) is 0. The van der Waals surface area contributed by atoms with Gasteiger partial charge in [0.15, 0.2) is 0 Å². The predicted octanol–water partition coefficient (Wildman–Crippen LogP) is -3.08. The molecule has 0 amide bonds. The molecule has 11 N–H and O–H groups in total. The third-order valence-corrected chi connectivity index (χ3v) is 3.73. The van der Waals surface area contributed by atoms with E-state index in [1.54, 1.807) is 0 Å². The largest absolute Gasteiger partial charge is 0.395 e. The molecule has 0 bridgehead atoms. The van der Waals surface area contributed by atoms with E-state index in [9.17, 15) is 0 Å². The Morgan fingerprint density at radius 1 is 0.652 bits per heavy atom. The fourth-order valence-electron chi connectivity index (χ4n) is 0.268. The van der Waals surface area contributed by atoms with Gasteiger partial charge in [0.2, 0.25) is 0 Å². The lowest BCUT2D eigenvalue weighted by atomic mass is 10.8. The first-order valence-electron chi connectivity index (χ1n) is 5.72. The van der Waals surface area contributed by atoms with Crippen molar-refractivity contribution in [3.63, 3.8) is 0 Å². The van der Waals surface area contributed by atoms with Crippen molar-refractivity contribution >= 4 is 26.2 Å². The molecule has 0 aliphatic rings. The molecule has 0 saturated heterocycles. The lowest BCUT2D eigenvalue weighted by molar-refractivity contribution is 0.306. The maximum absolute atomic E-state index is 8.74. The standard InChI is InChI=1S/2C3H9O3P.C2H7NO.H2O4S/c2*4-1-7(2-5)3-6;3-1-2-4;1-5(2,3)4/h2*4-6H,1-3H2;4H,1-3H2;(H2,1,2,3,4). The van der Waals surface area contributed by atoms with Crippen molar-refractivity contribution in [3.8, 4) is 0 Å². The van der Waals surface area contributed by atoms with Crippen molar-refractivity contribution in [1.29, 1.82) is 0 Å². The second-order valence-corrected chi connectivity index (χ2v) is 8.43. The molecule has 0 rings (SSSR count). The fraction of sp³-hybridized carbons (Fsp3) is 1.00. The lowest BCUT2D eigenvalue weighted by Crippen LogP contribution is -2.02. The van der Waals surface area contributed by atoms with E-state index < -0.39 is 26.2 Å². The van der Waals surface area contributed by atoms with Crippen LogP contribution in [0.1, 0.15) is 0 Å². The topological polar surface area (TPSA) is 242 Å². The molecule has 0 aromatic carbocycles. The minimum absolute atomic E-state index is 0.0810. The zero-order valence-corrected chi connectivity index (χ0v) is 15.0. The van der Waals surface area contributed by atoms with E-state index in [-0.39, 0.29) is 44.7 Å². The third kappa shape index (κ3) is 51.9. The highest BCUT2D eigenvalue weighted by Crippen LogP contribution is 2.29. The summed E-state index contributed by atoms with van der Waals surface area (Å²) in [7, 11) is -6.44. The fourth-order valence-corrected chi connectivity index (χ4v) is 0.805. The Balaban J connectivity index is -0.000000107. The Kier molecular flexibility index (Phi) is 33.5. The normalized spacial score (nSPS) is 10.1. The third-order valence-electron chi connectivity index (χ3n) is 1.33. The van der Waals surface area contributed by atoms with Crippen molar-refractivity contribution in [3.05, 3.63) is 0 Å². The van der Waals surface area contributed by atoms with E-state index in [1.165, 1.54) is 0 Å². The van der Waals surface area contributed by atoms with Crippen LogP contribution < -0.4 is 5.73 Å². The molecule has 0 heterocycles. The van der Waals surface area contributed by atoms with Gasteiger partial charge < -0.3 is 41.5 Å². The van der Waals surface area contributed by atoms with Gasteiger partial charge in [-0.15, -0.1) is 0 Å². The zero-order chi connectivity index (χ0) is 19.3. The maximum Gasteiger partial charge on any atom is 0.394 e. The van der Waals surface area contributed by atoms with Crippen LogP contribution >= 0.6 is 15.8 Å². The van der Waals surface area contributed by atoms with Crippen molar-refractivity contribution in [2.45, 2.75) is 0 Å². The summed E-state index contributed by atoms with van der Waals surface area (Å²) in [5.74, 6) is 0. The molecule has 0 aliphatic heterocycles. The summed E-state index contributed by atoms with van der Waals surface area (Å²) < 4.78 is 31.6. The van der Waals surface area contributed by atoms with Crippen LogP contribution in [0, 0.1) is 0 Å². The molecule has 0 aromatic rings. The first-order chi connectivity index (χ1) is 10.6. The Bertz CT molecular complexity index is 255. The monoisotopic (exact) mass is 407 g/mol. The summed E-state index contributed by atoms with van der Waals surface area (Å²) in [6.07, 6.45) is -0.486. The van der Waals surface area contributed by atoms with E-state index in [4.69, 9.17) is 59.0 Å². The maximum atomic E-state index is 8.74. The van der Waals surface area contributed by atoms with Gasteiger partial charge >= 0.3 is 10.4 Å². The molecule has 0 atom stereocenters. The molecule has 0 fully saturated rings. The van der Waals surface area contributed by atoms with E-state index in [2.05, 4.69) is 0 Å². The van der Waals surface area contributed by atoms with Gasteiger partial charge in [-0.3, -0.25) is 9.11 Å². The van der Waals surface area contributed by atoms with E-state index in [1.807, 2.05) is 0 Å². The first kappa shape index (κ1) is 31.2. The van der Waals surface area contributed by atoms with Gasteiger partial charge in [-0.05, 0) is 15.8 Å². The summed E-state index contributed by atoms with van der Waals surface area (Å²) >= 11 is 0. The quantitative estimate of drug-likeness (QED) is 0.149. The molecular formula is C8H27NO11P2S. The number of aliphatic hydroxyl groups is 7. The van der Waals surface area contributed by atoms with Crippen LogP contribution in [-0.4, -0.2) is 105 Å². The first-order valence-corrected chi connectivity index (χ1v) is 10.9. The minimum atomic E-state index is -4.67. The molecule has 0 aliphatic carbocycles. The van der Waals surface area contributed by atoms with Crippen LogP contribution in [-0.2, 0) is 10.4 Å². The Hall–Kier alpha value is 0.410. The predicted molar refractivity (Wildman–Crippen MR) is 86.7 cm³/mol. The van der Waals surface area contributed by atoms with Crippen LogP contribution in [0.4, 0.5) is 0 Å². The van der Waals surface area contributed by atoms with E-state index >= 15 is 0 Å². The van der Waals surface area contributed by atoms with E-state index in [0.29, 0.717) is 6.54 Å². The van der Waals surface area contributed by atoms with Crippen LogP contribution in [0.5, 0.6) is 0 Å². The molecule has 15 heteroatoms. The Morgan fingerprint density at radius 3 is 0.783 bits per heavy atom. The van der Waals surface area contributed by atoms with Crippen LogP contribution in [0.25, 0.3) is 0 Å². The molecular weight excluding hydrogens is 380 g/mol. The molecule has 23 heavy (non-hydrogen) atoms. The molecule has 0 saturated carbocycles. The van der Waals surface area contributed by atoms with Crippen LogP contribution in [0.2, 0.25) is 0 Å². The van der Waals surface area contributed by atoms with Crippen LogP contribution in [0.3, 0.4) is 0 Å².